The van der Waals surface area contributed by atoms with Gasteiger partial charge in [0.15, 0.2) is 0 Å². The van der Waals surface area contributed by atoms with E-state index in [0.717, 1.165) is 24.0 Å². The van der Waals surface area contributed by atoms with Gasteiger partial charge in [0.25, 0.3) is 0 Å². The zero-order chi connectivity index (χ0) is 19.7. The molecule has 0 radical (unpaired) electrons. The highest BCUT2D eigenvalue weighted by Gasteiger charge is 2.36. The minimum Gasteiger partial charge on any atom is -0.310 e. The maximum Gasteiger partial charge on any atom is 0.232 e. The number of para-hydroxylation sites is 3. The average Bonchev–Trinajstić information content (AvgIpc) is 3.24. The normalized spacial score (nSPS) is 16.7. The summed E-state index contributed by atoms with van der Waals surface area (Å²) < 4.78 is 16.0. The Morgan fingerprint density at radius 2 is 1.96 bits per heavy atom. The number of amides is 2. The van der Waals surface area contributed by atoms with Gasteiger partial charge in [0.2, 0.25) is 17.8 Å². The number of carbonyl (C=O) groups is 2. The number of halogens is 1. The second-order valence-electron chi connectivity index (χ2n) is 6.92. The highest BCUT2D eigenvalue weighted by Crippen LogP contribution is 2.28. The van der Waals surface area contributed by atoms with Crippen LogP contribution in [0.3, 0.4) is 0 Å². The molecule has 3 aromatic rings. The van der Waals surface area contributed by atoms with Gasteiger partial charge in [-0.2, -0.15) is 0 Å². The second-order valence-corrected chi connectivity index (χ2v) is 6.92. The Bertz CT molecular complexity index is 1050. The quantitative estimate of drug-likeness (QED) is 0.736. The van der Waals surface area contributed by atoms with Crippen LogP contribution in [0.2, 0.25) is 0 Å². The second kappa shape index (κ2) is 7.42. The van der Waals surface area contributed by atoms with E-state index in [1.54, 1.807) is 18.2 Å². The van der Waals surface area contributed by atoms with Crippen LogP contribution >= 0.6 is 0 Å². The Balaban J connectivity index is 1.55. The molecule has 2 heterocycles. The fourth-order valence-corrected chi connectivity index (χ4v) is 3.62. The number of fused-ring (bicyclic) bond motifs is 1. The fourth-order valence-electron chi connectivity index (χ4n) is 3.62. The monoisotopic (exact) mass is 380 g/mol. The highest BCUT2D eigenvalue weighted by atomic mass is 19.1. The number of aromatic nitrogens is 2. The number of hydrogen-bond donors (Lipinski definition) is 1. The van der Waals surface area contributed by atoms with Crippen LogP contribution in [0.15, 0.2) is 48.5 Å². The lowest BCUT2D eigenvalue weighted by molar-refractivity contribution is -0.122. The molecule has 0 saturated carbocycles. The molecule has 1 aliphatic rings. The van der Waals surface area contributed by atoms with E-state index in [2.05, 4.69) is 17.2 Å². The van der Waals surface area contributed by atoms with Gasteiger partial charge < -0.3 is 9.47 Å². The van der Waals surface area contributed by atoms with Gasteiger partial charge in [-0.25, -0.2) is 9.37 Å². The van der Waals surface area contributed by atoms with E-state index in [1.807, 2.05) is 28.8 Å². The van der Waals surface area contributed by atoms with Crippen molar-refractivity contribution in [2.45, 2.75) is 26.3 Å². The number of nitrogens with zero attached hydrogens (tertiary/aromatic N) is 3. The van der Waals surface area contributed by atoms with Crippen molar-refractivity contribution in [3.8, 4) is 0 Å². The summed E-state index contributed by atoms with van der Waals surface area (Å²) >= 11 is 0. The zero-order valence-corrected chi connectivity index (χ0v) is 15.6. The summed E-state index contributed by atoms with van der Waals surface area (Å²) in [4.78, 5) is 31.0. The summed E-state index contributed by atoms with van der Waals surface area (Å²) in [5.74, 6) is -1.08. The van der Waals surface area contributed by atoms with E-state index in [4.69, 9.17) is 0 Å². The van der Waals surface area contributed by atoms with Gasteiger partial charge >= 0.3 is 0 Å². The summed E-state index contributed by atoms with van der Waals surface area (Å²) in [6.07, 6.45) is 0.945. The summed E-state index contributed by atoms with van der Waals surface area (Å²) in [7, 11) is 0. The van der Waals surface area contributed by atoms with Crippen molar-refractivity contribution in [2.24, 2.45) is 5.92 Å². The Morgan fingerprint density at radius 3 is 2.75 bits per heavy atom. The Kier molecular flexibility index (Phi) is 4.81. The van der Waals surface area contributed by atoms with Crippen LogP contribution in [-0.4, -0.2) is 27.9 Å². The van der Waals surface area contributed by atoms with Crippen molar-refractivity contribution in [3.63, 3.8) is 0 Å². The van der Waals surface area contributed by atoms with Crippen LogP contribution < -0.4 is 10.2 Å². The van der Waals surface area contributed by atoms with E-state index in [0.29, 0.717) is 5.95 Å². The smallest absolute Gasteiger partial charge is 0.232 e. The standard InChI is InChI=1S/C21H21FN4O2/c1-2-11-25-18-10-6-4-8-16(18)23-21(25)24-20(28)14-12-19(27)26(13-14)17-9-5-3-7-15(17)22/h3-10,14H,2,11-13H2,1H3,(H,23,24,28)/t14-/m0/s1. The molecule has 1 fully saturated rings. The number of anilines is 2. The summed E-state index contributed by atoms with van der Waals surface area (Å²) in [5.41, 5.74) is 1.97. The third-order valence-corrected chi connectivity index (χ3v) is 4.98. The van der Waals surface area contributed by atoms with Crippen LogP contribution in [0.1, 0.15) is 19.8 Å². The molecule has 2 aromatic carbocycles. The van der Waals surface area contributed by atoms with Gasteiger partial charge in [0.05, 0.1) is 22.6 Å². The SMILES string of the molecule is CCCn1c(NC(=O)[C@H]2CC(=O)N(c3ccccc3F)C2)nc2ccccc21. The van der Waals surface area contributed by atoms with Gasteiger partial charge in [0.1, 0.15) is 5.82 Å². The molecule has 0 aliphatic carbocycles. The van der Waals surface area contributed by atoms with E-state index in [9.17, 15) is 14.0 Å². The van der Waals surface area contributed by atoms with Crippen LogP contribution in [0.25, 0.3) is 11.0 Å². The molecule has 1 aromatic heterocycles. The van der Waals surface area contributed by atoms with Crippen molar-refractivity contribution in [2.75, 3.05) is 16.8 Å². The van der Waals surface area contributed by atoms with Crippen LogP contribution in [-0.2, 0) is 16.1 Å². The molecule has 0 bridgehead atoms. The van der Waals surface area contributed by atoms with Gasteiger partial charge in [-0.15, -0.1) is 0 Å². The Hall–Kier alpha value is -3.22. The lowest BCUT2D eigenvalue weighted by Crippen LogP contribution is -2.29. The molecule has 0 spiro atoms. The van der Waals surface area contributed by atoms with Crippen LogP contribution in [0.4, 0.5) is 16.0 Å². The van der Waals surface area contributed by atoms with Crippen molar-refractivity contribution >= 4 is 34.5 Å². The molecule has 1 aliphatic heterocycles. The predicted molar refractivity (Wildman–Crippen MR) is 106 cm³/mol. The number of rotatable bonds is 5. The third-order valence-electron chi connectivity index (χ3n) is 4.98. The first-order valence-corrected chi connectivity index (χ1v) is 9.39. The number of benzene rings is 2. The molecular weight excluding hydrogens is 359 g/mol. The first-order chi connectivity index (χ1) is 13.6. The summed E-state index contributed by atoms with van der Waals surface area (Å²) in [6.45, 7) is 2.93. The third kappa shape index (κ3) is 3.24. The first kappa shape index (κ1) is 18.2. The molecule has 7 heteroatoms. The zero-order valence-electron chi connectivity index (χ0n) is 15.6. The first-order valence-electron chi connectivity index (χ1n) is 9.39. The molecule has 1 atom stereocenters. The van der Waals surface area contributed by atoms with E-state index < -0.39 is 11.7 Å². The molecule has 2 amide bonds. The van der Waals surface area contributed by atoms with Gasteiger partial charge in [-0.05, 0) is 30.7 Å². The molecule has 0 unspecified atom stereocenters. The van der Waals surface area contributed by atoms with Crippen molar-refractivity contribution in [1.29, 1.82) is 0 Å². The number of aryl methyl sites for hydroxylation is 1. The summed E-state index contributed by atoms with van der Waals surface area (Å²) in [5, 5.41) is 2.87. The number of imidazole rings is 1. The maximum absolute atomic E-state index is 14.0. The number of hydrogen-bond acceptors (Lipinski definition) is 3. The Labute approximate surface area is 162 Å². The van der Waals surface area contributed by atoms with E-state index >= 15 is 0 Å². The van der Waals surface area contributed by atoms with Crippen molar-refractivity contribution < 1.29 is 14.0 Å². The molecular formula is C21H21FN4O2. The molecule has 1 saturated heterocycles. The minimum absolute atomic E-state index is 0.0498. The van der Waals surface area contributed by atoms with Crippen LogP contribution in [0.5, 0.6) is 0 Å². The number of carbonyl (C=O) groups excluding carboxylic acids is 2. The van der Waals surface area contributed by atoms with Crippen molar-refractivity contribution in [3.05, 3.63) is 54.3 Å². The largest absolute Gasteiger partial charge is 0.310 e. The molecule has 4 rings (SSSR count). The van der Waals surface area contributed by atoms with E-state index in [1.165, 1.54) is 11.0 Å². The average molecular weight is 380 g/mol. The lowest BCUT2D eigenvalue weighted by atomic mass is 10.1. The lowest BCUT2D eigenvalue weighted by Gasteiger charge is -2.17. The van der Waals surface area contributed by atoms with E-state index in [-0.39, 0.29) is 30.5 Å². The Morgan fingerprint density at radius 1 is 1.21 bits per heavy atom. The van der Waals surface area contributed by atoms with Gasteiger partial charge in [0, 0.05) is 19.5 Å². The van der Waals surface area contributed by atoms with Crippen LogP contribution in [0, 0.1) is 11.7 Å². The molecule has 1 N–H and O–H groups in total. The molecule has 144 valence electrons. The maximum atomic E-state index is 14.0. The van der Waals surface area contributed by atoms with Crippen molar-refractivity contribution in [1.82, 2.24) is 9.55 Å². The van der Waals surface area contributed by atoms with Gasteiger partial charge in [-0.3, -0.25) is 14.9 Å². The number of nitrogens with one attached hydrogen (secondary N) is 1. The van der Waals surface area contributed by atoms with Gasteiger partial charge in [-0.1, -0.05) is 31.2 Å². The highest BCUT2D eigenvalue weighted by molar-refractivity contribution is 6.03. The topological polar surface area (TPSA) is 67.2 Å². The molecule has 28 heavy (non-hydrogen) atoms. The predicted octanol–water partition coefficient (Wildman–Crippen LogP) is 3.58. The summed E-state index contributed by atoms with van der Waals surface area (Å²) in [6, 6.07) is 13.8. The molecule has 6 nitrogen and oxygen atoms in total. The minimum atomic E-state index is -0.554. The fraction of sp³-hybridized carbons (Fsp3) is 0.286.